The van der Waals surface area contributed by atoms with Gasteiger partial charge in [-0.3, -0.25) is 0 Å². The predicted molar refractivity (Wildman–Crippen MR) is 46.1 cm³/mol. The molecule has 5 heteroatoms. The molecule has 3 nitrogen and oxygen atoms in total. The van der Waals surface area contributed by atoms with Gasteiger partial charge in [-0.25, -0.2) is 8.78 Å². The lowest BCUT2D eigenvalue weighted by Gasteiger charge is -2.15. The Bertz CT molecular complexity index is 177. The maximum atomic E-state index is 12.0. The van der Waals surface area contributed by atoms with Crippen LogP contribution in [-0.4, -0.2) is 31.4 Å². The average molecular weight is 192 g/mol. The summed E-state index contributed by atoms with van der Waals surface area (Å²) in [6, 6.07) is -0.894. The molecule has 1 atom stereocenters. The van der Waals surface area contributed by atoms with Gasteiger partial charge in [0.05, 0.1) is 12.3 Å². The first-order valence-corrected chi connectivity index (χ1v) is 4.37. The van der Waals surface area contributed by atoms with Gasteiger partial charge in [-0.05, 0) is 19.8 Å². The van der Waals surface area contributed by atoms with E-state index >= 15 is 0 Å². The van der Waals surface area contributed by atoms with Crippen LogP contribution in [0.15, 0.2) is 5.10 Å². The Morgan fingerprint density at radius 1 is 1.54 bits per heavy atom. The lowest BCUT2D eigenvalue weighted by Crippen LogP contribution is -2.30. The van der Waals surface area contributed by atoms with Crippen molar-refractivity contribution in [2.75, 3.05) is 13.2 Å². The van der Waals surface area contributed by atoms with Crippen LogP contribution in [-0.2, 0) is 4.74 Å². The Morgan fingerprint density at radius 2 is 2.31 bits per heavy atom. The van der Waals surface area contributed by atoms with E-state index in [1.807, 2.05) is 0 Å². The van der Waals surface area contributed by atoms with Gasteiger partial charge in [-0.15, -0.1) is 0 Å². The molecule has 0 amide bonds. The molecule has 0 aromatic heterocycles. The first-order valence-electron chi connectivity index (χ1n) is 4.37. The van der Waals surface area contributed by atoms with E-state index in [4.69, 9.17) is 4.74 Å². The molecule has 1 fully saturated rings. The number of hydrazone groups is 1. The van der Waals surface area contributed by atoms with Crippen LogP contribution >= 0.6 is 0 Å². The molecule has 1 rings (SSSR count). The summed E-state index contributed by atoms with van der Waals surface area (Å²) in [6.07, 6.45) is -0.624. The smallest absolute Gasteiger partial charge is 0.259 e. The van der Waals surface area contributed by atoms with Crippen LogP contribution in [0.4, 0.5) is 8.78 Å². The lowest BCUT2D eigenvalue weighted by molar-refractivity contribution is 0.106. The molecule has 0 spiro atoms. The number of nitrogens with one attached hydrogen (secondary N) is 1. The Morgan fingerprint density at radius 3 is 2.85 bits per heavy atom. The number of ether oxygens (including phenoxy) is 1. The third-order valence-electron chi connectivity index (χ3n) is 1.83. The van der Waals surface area contributed by atoms with Gasteiger partial charge in [-0.1, -0.05) is 0 Å². The summed E-state index contributed by atoms with van der Waals surface area (Å²) in [5, 5.41) is 3.87. The highest BCUT2D eigenvalue weighted by molar-refractivity contribution is 5.85. The van der Waals surface area contributed by atoms with Gasteiger partial charge in [0.25, 0.3) is 6.43 Å². The predicted octanol–water partition coefficient (Wildman–Crippen LogP) is 1.40. The Hall–Kier alpha value is -0.710. The van der Waals surface area contributed by atoms with Crippen LogP contribution in [0.5, 0.6) is 0 Å². The molecule has 0 saturated carbocycles. The minimum atomic E-state index is -2.38. The molecule has 0 radical (unpaired) electrons. The monoisotopic (exact) mass is 192 g/mol. The van der Waals surface area contributed by atoms with E-state index < -0.39 is 12.5 Å². The first-order chi connectivity index (χ1) is 6.20. The fourth-order valence-electron chi connectivity index (χ4n) is 0.978. The number of rotatable bonds is 3. The zero-order chi connectivity index (χ0) is 9.68. The average Bonchev–Trinajstić information content (AvgIpc) is 2.15. The largest absolute Gasteiger partial charge is 0.375 e. The number of nitrogens with zero attached hydrogens (tertiary/aromatic N) is 1. The summed E-state index contributed by atoms with van der Waals surface area (Å²) < 4.78 is 29.2. The second-order valence-electron chi connectivity index (χ2n) is 3.09. The van der Waals surface area contributed by atoms with Gasteiger partial charge in [0.1, 0.15) is 6.04 Å². The number of halogens is 2. The maximum absolute atomic E-state index is 12.0. The van der Waals surface area contributed by atoms with Gasteiger partial charge in [0.15, 0.2) is 0 Å². The van der Waals surface area contributed by atoms with Gasteiger partial charge in [0.2, 0.25) is 0 Å². The third-order valence-corrected chi connectivity index (χ3v) is 1.83. The molecule has 13 heavy (non-hydrogen) atoms. The van der Waals surface area contributed by atoms with Crippen molar-refractivity contribution in [1.82, 2.24) is 5.43 Å². The molecule has 1 aliphatic heterocycles. The Kier molecular flexibility index (Phi) is 4.08. The van der Waals surface area contributed by atoms with Crippen molar-refractivity contribution in [2.45, 2.75) is 32.2 Å². The lowest BCUT2D eigenvalue weighted by atomic mass is 10.2. The van der Waals surface area contributed by atoms with Gasteiger partial charge in [-0.2, -0.15) is 5.10 Å². The van der Waals surface area contributed by atoms with Crippen molar-refractivity contribution in [1.29, 1.82) is 0 Å². The van der Waals surface area contributed by atoms with Crippen LogP contribution in [0.1, 0.15) is 19.8 Å². The molecule has 0 aromatic carbocycles. The van der Waals surface area contributed by atoms with E-state index in [1.54, 1.807) is 0 Å². The van der Waals surface area contributed by atoms with E-state index in [1.165, 1.54) is 6.92 Å². The fourth-order valence-corrected chi connectivity index (χ4v) is 0.978. The Labute approximate surface area is 76.1 Å². The minimum absolute atomic E-state index is 0.461. The number of hydrogen-bond donors (Lipinski definition) is 1. The van der Waals surface area contributed by atoms with Crippen molar-refractivity contribution < 1.29 is 13.5 Å². The molecule has 0 aliphatic carbocycles. The molecule has 1 heterocycles. The van der Waals surface area contributed by atoms with Crippen molar-refractivity contribution in [2.24, 2.45) is 5.10 Å². The zero-order valence-corrected chi connectivity index (χ0v) is 7.59. The van der Waals surface area contributed by atoms with Crippen LogP contribution in [0.2, 0.25) is 0 Å². The zero-order valence-electron chi connectivity index (χ0n) is 7.59. The molecule has 0 bridgehead atoms. The van der Waals surface area contributed by atoms with E-state index in [0.717, 1.165) is 25.2 Å². The SMILES string of the molecule is CC(N/N=C1/CCCOC1)C(F)F. The van der Waals surface area contributed by atoms with Gasteiger partial charge >= 0.3 is 0 Å². The summed E-state index contributed by atoms with van der Waals surface area (Å²) in [4.78, 5) is 0. The Balaban J connectivity index is 2.29. The summed E-state index contributed by atoms with van der Waals surface area (Å²) in [5.41, 5.74) is 3.23. The molecular weight excluding hydrogens is 178 g/mol. The molecule has 1 aliphatic rings. The van der Waals surface area contributed by atoms with Crippen molar-refractivity contribution in [3.05, 3.63) is 0 Å². The number of alkyl halides is 2. The molecule has 1 saturated heterocycles. The highest BCUT2D eigenvalue weighted by atomic mass is 19.3. The van der Waals surface area contributed by atoms with E-state index in [2.05, 4.69) is 10.5 Å². The van der Waals surface area contributed by atoms with E-state index in [0.29, 0.717) is 6.61 Å². The van der Waals surface area contributed by atoms with E-state index in [-0.39, 0.29) is 0 Å². The van der Waals surface area contributed by atoms with E-state index in [9.17, 15) is 8.78 Å². The quantitative estimate of drug-likeness (QED) is 0.686. The second-order valence-corrected chi connectivity index (χ2v) is 3.09. The normalized spacial score (nSPS) is 23.5. The van der Waals surface area contributed by atoms with Crippen LogP contribution in [0.3, 0.4) is 0 Å². The standard InChI is InChI=1S/C8H14F2N2O/c1-6(8(9)10)11-12-7-3-2-4-13-5-7/h6,8,11H,2-5H2,1H3/b12-7-. The summed E-state index contributed by atoms with van der Waals surface area (Å²) in [5.74, 6) is 0. The first kappa shape index (κ1) is 10.4. The van der Waals surface area contributed by atoms with Crippen molar-refractivity contribution >= 4 is 5.71 Å². The van der Waals surface area contributed by atoms with Crippen LogP contribution in [0, 0.1) is 0 Å². The summed E-state index contributed by atoms with van der Waals surface area (Å²) in [7, 11) is 0. The van der Waals surface area contributed by atoms with Crippen molar-refractivity contribution in [3.63, 3.8) is 0 Å². The molecule has 1 unspecified atom stereocenters. The van der Waals surface area contributed by atoms with Crippen molar-refractivity contribution in [3.8, 4) is 0 Å². The molecular formula is C8H14F2N2O. The number of hydrogen-bond acceptors (Lipinski definition) is 3. The molecule has 1 N–H and O–H groups in total. The molecule has 0 aromatic rings. The third kappa shape index (κ3) is 3.67. The van der Waals surface area contributed by atoms with Crippen LogP contribution < -0.4 is 5.43 Å². The maximum Gasteiger partial charge on any atom is 0.259 e. The summed E-state index contributed by atoms with van der Waals surface area (Å²) in [6.45, 7) is 2.60. The molecule has 76 valence electrons. The second kappa shape index (κ2) is 5.11. The van der Waals surface area contributed by atoms with Gasteiger partial charge < -0.3 is 10.2 Å². The minimum Gasteiger partial charge on any atom is -0.375 e. The van der Waals surface area contributed by atoms with Crippen LogP contribution in [0.25, 0.3) is 0 Å². The van der Waals surface area contributed by atoms with Gasteiger partial charge in [0, 0.05) is 6.61 Å². The summed E-state index contributed by atoms with van der Waals surface area (Å²) >= 11 is 0. The fraction of sp³-hybridized carbons (Fsp3) is 0.875. The highest BCUT2D eigenvalue weighted by Gasteiger charge is 2.13. The highest BCUT2D eigenvalue weighted by Crippen LogP contribution is 2.03. The topological polar surface area (TPSA) is 33.6 Å².